The summed E-state index contributed by atoms with van der Waals surface area (Å²) in [6.07, 6.45) is 5.75. The average Bonchev–Trinajstić information content (AvgIpc) is 2.57. The van der Waals surface area contributed by atoms with Gasteiger partial charge in [0.25, 0.3) is 0 Å². The molecule has 1 aliphatic carbocycles. The minimum absolute atomic E-state index is 0.466. The Kier molecular flexibility index (Phi) is 4.25. The van der Waals surface area contributed by atoms with Crippen molar-refractivity contribution in [2.75, 3.05) is 5.32 Å². The summed E-state index contributed by atoms with van der Waals surface area (Å²) >= 11 is 3.46. The number of nitrogens with zero attached hydrogens (tertiary/aromatic N) is 2. The van der Waals surface area contributed by atoms with Crippen molar-refractivity contribution in [1.29, 1.82) is 0 Å². The number of hydrogen-bond acceptors (Lipinski definition) is 3. The second-order valence-electron chi connectivity index (χ2n) is 5.99. The molecule has 1 heterocycles. The van der Waals surface area contributed by atoms with Crippen LogP contribution in [0.1, 0.15) is 52.3 Å². The van der Waals surface area contributed by atoms with Crippen molar-refractivity contribution in [3.05, 3.63) is 16.5 Å². The lowest BCUT2D eigenvalue weighted by Crippen LogP contribution is -2.18. The first-order valence-corrected chi connectivity index (χ1v) is 7.58. The molecule has 0 spiro atoms. The van der Waals surface area contributed by atoms with Gasteiger partial charge in [0.15, 0.2) is 0 Å². The smallest absolute Gasteiger partial charge is 0.132 e. The maximum absolute atomic E-state index is 4.58. The standard InChI is InChI=1S/C14H22BrN3/c1-4-5-12-17-11(15)8-13(18-12)16-10-6-7-14(2,3)9-10/h8,10H,4-7,9H2,1-3H3,(H,16,17,18). The van der Waals surface area contributed by atoms with Crippen molar-refractivity contribution in [3.63, 3.8) is 0 Å². The third-order valence-electron chi connectivity index (χ3n) is 3.54. The van der Waals surface area contributed by atoms with E-state index in [-0.39, 0.29) is 0 Å². The highest BCUT2D eigenvalue weighted by atomic mass is 79.9. The van der Waals surface area contributed by atoms with Gasteiger partial charge >= 0.3 is 0 Å². The van der Waals surface area contributed by atoms with Crippen molar-refractivity contribution >= 4 is 21.7 Å². The van der Waals surface area contributed by atoms with E-state index in [1.165, 1.54) is 19.3 Å². The van der Waals surface area contributed by atoms with E-state index in [0.717, 1.165) is 29.1 Å². The van der Waals surface area contributed by atoms with Crippen LogP contribution in [-0.2, 0) is 6.42 Å². The van der Waals surface area contributed by atoms with E-state index >= 15 is 0 Å². The lowest BCUT2D eigenvalue weighted by Gasteiger charge is -2.18. The predicted molar refractivity (Wildman–Crippen MR) is 78.8 cm³/mol. The average molecular weight is 312 g/mol. The van der Waals surface area contributed by atoms with Crippen molar-refractivity contribution in [3.8, 4) is 0 Å². The Hall–Kier alpha value is -0.640. The molecule has 0 bridgehead atoms. The highest BCUT2D eigenvalue weighted by Crippen LogP contribution is 2.38. The number of aromatic nitrogens is 2. The van der Waals surface area contributed by atoms with E-state index < -0.39 is 0 Å². The Morgan fingerprint density at radius 1 is 1.44 bits per heavy atom. The fourth-order valence-corrected chi connectivity index (χ4v) is 3.06. The topological polar surface area (TPSA) is 37.8 Å². The van der Waals surface area contributed by atoms with Gasteiger partial charge in [-0.25, -0.2) is 9.97 Å². The summed E-state index contributed by atoms with van der Waals surface area (Å²) in [5, 5.41) is 3.55. The molecule has 0 aliphatic heterocycles. The molecule has 1 aromatic heterocycles. The Labute approximate surface area is 118 Å². The molecular weight excluding hydrogens is 290 g/mol. The lowest BCUT2D eigenvalue weighted by molar-refractivity contribution is 0.378. The number of hydrogen-bond donors (Lipinski definition) is 1. The zero-order valence-electron chi connectivity index (χ0n) is 11.5. The number of aryl methyl sites for hydroxylation is 1. The molecule has 1 saturated carbocycles. The SMILES string of the molecule is CCCc1nc(Br)cc(NC2CCC(C)(C)C2)n1. The second-order valence-corrected chi connectivity index (χ2v) is 6.80. The monoisotopic (exact) mass is 311 g/mol. The van der Waals surface area contributed by atoms with E-state index in [1.54, 1.807) is 0 Å². The highest BCUT2D eigenvalue weighted by molar-refractivity contribution is 9.10. The molecule has 1 N–H and O–H groups in total. The van der Waals surface area contributed by atoms with Crippen molar-refractivity contribution in [2.24, 2.45) is 5.41 Å². The van der Waals surface area contributed by atoms with Gasteiger partial charge in [0.05, 0.1) is 0 Å². The van der Waals surface area contributed by atoms with Gasteiger partial charge in [-0.3, -0.25) is 0 Å². The molecule has 0 radical (unpaired) electrons. The molecule has 100 valence electrons. The maximum Gasteiger partial charge on any atom is 0.132 e. The van der Waals surface area contributed by atoms with Crippen LogP contribution in [0.15, 0.2) is 10.7 Å². The predicted octanol–water partition coefficient (Wildman–Crippen LogP) is 4.18. The summed E-state index contributed by atoms with van der Waals surface area (Å²) in [4.78, 5) is 8.97. The minimum atomic E-state index is 0.466. The summed E-state index contributed by atoms with van der Waals surface area (Å²) in [6, 6.07) is 2.53. The van der Waals surface area contributed by atoms with Crippen molar-refractivity contribution < 1.29 is 0 Å². The van der Waals surface area contributed by atoms with Crippen LogP contribution in [-0.4, -0.2) is 16.0 Å². The molecule has 2 rings (SSSR count). The molecule has 1 aromatic rings. The molecule has 4 heteroatoms. The van der Waals surface area contributed by atoms with Gasteiger partial charge in [0.2, 0.25) is 0 Å². The van der Waals surface area contributed by atoms with E-state index in [4.69, 9.17) is 0 Å². The summed E-state index contributed by atoms with van der Waals surface area (Å²) < 4.78 is 0.876. The van der Waals surface area contributed by atoms with Gasteiger partial charge in [-0.2, -0.15) is 0 Å². The quantitative estimate of drug-likeness (QED) is 0.848. The first kappa shape index (κ1) is 13.8. The second kappa shape index (κ2) is 5.55. The van der Waals surface area contributed by atoms with Crippen LogP contribution < -0.4 is 5.32 Å². The maximum atomic E-state index is 4.58. The third-order valence-corrected chi connectivity index (χ3v) is 3.94. The Morgan fingerprint density at radius 3 is 2.83 bits per heavy atom. The highest BCUT2D eigenvalue weighted by Gasteiger charge is 2.30. The van der Waals surface area contributed by atoms with Crippen LogP contribution in [0.2, 0.25) is 0 Å². The van der Waals surface area contributed by atoms with E-state index in [0.29, 0.717) is 11.5 Å². The van der Waals surface area contributed by atoms with Gasteiger partial charge in [0.1, 0.15) is 16.2 Å². The number of anilines is 1. The van der Waals surface area contributed by atoms with Gasteiger partial charge in [-0.05, 0) is 47.0 Å². The summed E-state index contributed by atoms with van der Waals surface area (Å²) in [5.41, 5.74) is 0.466. The van der Waals surface area contributed by atoms with Gasteiger partial charge < -0.3 is 5.32 Å². The molecule has 1 fully saturated rings. The first-order chi connectivity index (χ1) is 8.48. The first-order valence-electron chi connectivity index (χ1n) is 6.78. The zero-order valence-corrected chi connectivity index (χ0v) is 13.0. The van der Waals surface area contributed by atoms with Crippen LogP contribution in [0.25, 0.3) is 0 Å². The zero-order chi connectivity index (χ0) is 13.2. The van der Waals surface area contributed by atoms with Crippen LogP contribution in [0.5, 0.6) is 0 Å². The van der Waals surface area contributed by atoms with Gasteiger partial charge in [0, 0.05) is 18.5 Å². The Bertz CT molecular complexity index is 418. The molecule has 0 amide bonds. The number of halogens is 1. The summed E-state index contributed by atoms with van der Waals surface area (Å²) in [7, 11) is 0. The molecule has 1 atom stereocenters. The van der Waals surface area contributed by atoms with Crippen LogP contribution in [0.4, 0.5) is 5.82 Å². The fraction of sp³-hybridized carbons (Fsp3) is 0.714. The Balaban J connectivity index is 2.05. The van der Waals surface area contributed by atoms with Gasteiger partial charge in [-0.15, -0.1) is 0 Å². The molecule has 0 saturated heterocycles. The molecule has 1 aliphatic rings. The normalized spacial score (nSPS) is 22.1. The minimum Gasteiger partial charge on any atom is -0.367 e. The number of rotatable bonds is 4. The summed E-state index contributed by atoms with van der Waals surface area (Å²) in [6.45, 7) is 6.83. The Morgan fingerprint density at radius 2 is 2.22 bits per heavy atom. The van der Waals surface area contributed by atoms with Crippen LogP contribution in [0, 0.1) is 5.41 Å². The van der Waals surface area contributed by atoms with Crippen LogP contribution >= 0.6 is 15.9 Å². The van der Waals surface area contributed by atoms with Crippen LogP contribution in [0.3, 0.4) is 0 Å². The third kappa shape index (κ3) is 3.67. The number of nitrogens with one attached hydrogen (secondary N) is 1. The molecule has 1 unspecified atom stereocenters. The summed E-state index contributed by atoms with van der Waals surface area (Å²) in [5.74, 6) is 1.88. The molecule has 18 heavy (non-hydrogen) atoms. The van der Waals surface area contributed by atoms with E-state index in [2.05, 4.69) is 52.0 Å². The van der Waals surface area contributed by atoms with Gasteiger partial charge in [-0.1, -0.05) is 20.8 Å². The largest absolute Gasteiger partial charge is 0.367 e. The fourth-order valence-electron chi connectivity index (χ4n) is 2.64. The van der Waals surface area contributed by atoms with Crippen molar-refractivity contribution in [1.82, 2.24) is 9.97 Å². The van der Waals surface area contributed by atoms with Crippen molar-refractivity contribution in [2.45, 2.75) is 58.9 Å². The lowest BCUT2D eigenvalue weighted by atomic mass is 9.92. The van der Waals surface area contributed by atoms with E-state index in [1.807, 2.05) is 6.07 Å². The molecular formula is C14H22BrN3. The molecule has 3 nitrogen and oxygen atoms in total. The molecule has 0 aromatic carbocycles. The van der Waals surface area contributed by atoms with E-state index in [9.17, 15) is 0 Å².